The molecule has 0 aromatic rings. The number of hydrogen-bond acceptors (Lipinski definition) is 0. The van der Waals surface area contributed by atoms with Crippen LogP contribution in [0.15, 0.2) is 48.6 Å². The second-order valence-electron chi connectivity index (χ2n) is 3.57. The largest absolute Gasteiger partial charge is 0.0845 e. The Kier molecular flexibility index (Phi) is 6.74. The quantitative estimate of drug-likeness (QED) is 0.522. The molecule has 0 spiro atoms. The lowest BCUT2D eigenvalue weighted by Crippen LogP contribution is -1.72. The summed E-state index contributed by atoms with van der Waals surface area (Å²) in [6.07, 6.45) is 25.0. The average Bonchev–Trinajstić information content (AvgIpc) is 2.22. The Hall–Kier alpha value is -1.04. The first kappa shape index (κ1) is 11.0. The Bertz CT molecular complexity index is 202. The van der Waals surface area contributed by atoms with E-state index in [4.69, 9.17) is 0 Å². The van der Waals surface area contributed by atoms with Gasteiger partial charge in [-0.3, -0.25) is 0 Å². The first-order valence-electron chi connectivity index (χ1n) is 5.63. The molecule has 1 rings (SSSR count). The Morgan fingerprint density at radius 3 is 1.21 bits per heavy atom. The summed E-state index contributed by atoms with van der Waals surface area (Å²) in [6.45, 7) is 0. The van der Waals surface area contributed by atoms with Gasteiger partial charge >= 0.3 is 0 Å². The fourth-order valence-corrected chi connectivity index (χ4v) is 1.42. The van der Waals surface area contributed by atoms with Crippen LogP contribution in [0.4, 0.5) is 0 Å². The SMILES string of the molecule is C1=CCC/C=C\C=C\CCCCC=C1. The molecular formula is C14H20. The van der Waals surface area contributed by atoms with Gasteiger partial charge in [-0.25, -0.2) is 0 Å². The van der Waals surface area contributed by atoms with Crippen molar-refractivity contribution in [3.63, 3.8) is 0 Å². The van der Waals surface area contributed by atoms with E-state index in [-0.39, 0.29) is 0 Å². The van der Waals surface area contributed by atoms with E-state index in [1.807, 2.05) is 0 Å². The Balaban J connectivity index is 2.34. The molecule has 0 radical (unpaired) electrons. The van der Waals surface area contributed by atoms with Crippen molar-refractivity contribution in [1.82, 2.24) is 0 Å². The Morgan fingerprint density at radius 1 is 0.429 bits per heavy atom. The van der Waals surface area contributed by atoms with Crippen LogP contribution in [-0.4, -0.2) is 0 Å². The van der Waals surface area contributed by atoms with Crippen LogP contribution < -0.4 is 0 Å². The Labute approximate surface area is 87.7 Å². The van der Waals surface area contributed by atoms with E-state index in [9.17, 15) is 0 Å². The van der Waals surface area contributed by atoms with Crippen molar-refractivity contribution in [3.8, 4) is 0 Å². The summed E-state index contributed by atoms with van der Waals surface area (Å²) in [7, 11) is 0. The van der Waals surface area contributed by atoms with Gasteiger partial charge in [0.1, 0.15) is 0 Å². The molecule has 0 heteroatoms. The van der Waals surface area contributed by atoms with Crippen LogP contribution in [0.3, 0.4) is 0 Å². The molecule has 0 saturated carbocycles. The van der Waals surface area contributed by atoms with Crippen LogP contribution in [0.5, 0.6) is 0 Å². The van der Waals surface area contributed by atoms with E-state index in [1.165, 1.54) is 25.7 Å². The lowest BCUT2D eigenvalue weighted by molar-refractivity contribution is 0.762. The highest BCUT2D eigenvalue weighted by atomic mass is 13.9. The molecule has 0 aromatic carbocycles. The molecule has 0 heterocycles. The Morgan fingerprint density at radius 2 is 0.786 bits per heavy atom. The molecule has 0 unspecified atom stereocenters. The monoisotopic (exact) mass is 188 g/mol. The van der Waals surface area contributed by atoms with Crippen molar-refractivity contribution in [2.45, 2.75) is 38.5 Å². The van der Waals surface area contributed by atoms with Crippen LogP contribution in [0.25, 0.3) is 0 Å². The van der Waals surface area contributed by atoms with E-state index in [0.29, 0.717) is 0 Å². The summed E-state index contributed by atoms with van der Waals surface area (Å²) in [6, 6.07) is 0. The molecule has 0 fully saturated rings. The predicted octanol–water partition coefficient (Wildman–Crippen LogP) is 4.57. The van der Waals surface area contributed by atoms with Crippen molar-refractivity contribution in [1.29, 1.82) is 0 Å². The highest BCUT2D eigenvalue weighted by Crippen LogP contribution is 2.03. The summed E-state index contributed by atoms with van der Waals surface area (Å²) < 4.78 is 0. The van der Waals surface area contributed by atoms with E-state index < -0.39 is 0 Å². The van der Waals surface area contributed by atoms with Gasteiger partial charge in [-0.1, -0.05) is 48.6 Å². The molecule has 0 aliphatic heterocycles. The fourth-order valence-electron chi connectivity index (χ4n) is 1.42. The van der Waals surface area contributed by atoms with E-state index in [1.54, 1.807) is 0 Å². The maximum atomic E-state index is 2.27. The second-order valence-corrected chi connectivity index (χ2v) is 3.57. The number of hydrogen-bond donors (Lipinski definition) is 0. The third-order valence-electron chi connectivity index (χ3n) is 2.26. The van der Waals surface area contributed by atoms with Crippen molar-refractivity contribution in [2.75, 3.05) is 0 Å². The number of rotatable bonds is 0. The van der Waals surface area contributed by atoms with Gasteiger partial charge in [0.25, 0.3) is 0 Å². The third kappa shape index (κ3) is 6.47. The normalized spacial score (nSPS) is 24.0. The van der Waals surface area contributed by atoms with Gasteiger partial charge in [-0.05, 0) is 38.5 Å². The molecule has 0 saturated heterocycles. The molecule has 0 atom stereocenters. The third-order valence-corrected chi connectivity index (χ3v) is 2.26. The van der Waals surface area contributed by atoms with E-state index in [0.717, 1.165) is 12.8 Å². The first-order valence-corrected chi connectivity index (χ1v) is 5.63. The van der Waals surface area contributed by atoms with Gasteiger partial charge in [-0.15, -0.1) is 0 Å². The second kappa shape index (κ2) is 8.55. The molecule has 14 heavy (non-hydrogen) atoms. The molecule has 0 aromatic heterocycles. The van der Waals surface area contributed by atoms with Crippen LogP contribution in [0.1, 0.15) is 38.5 Å². The fraction of sp³-hybridized carbons (Fsp3) is 0.429. The van der Waals surface area contributed by atoms with Crippen molar-refractivity contribution < 1.29 is 0 Å². The van der Waals surface area contributed by atoms with Crippen LogP contribution >= 0.6 is 0 Å². The molecule has 76 valence electrons. The molecule has 1 aliphatic carbocycles. The van der Waals surface area contributed by atoms with Gasteiger partial charge < -0.3 is 0 Å². The molecule has 0 nitrogen and oxygen atoms in total. The zero-order chi connectivity index (χ0) is 9.90. The van der Waals surface area contributed by atoms with Gasteiger partial charge in [0, 0.05) is 0 Å². The lowest BCUT2D eigenvalue weighted by atomic mass is 10.1. The van der Waals surface area contributed by atoms with Gasteiger partial charge in [-0.2, -0.15) is 0 Å². The van der Waals surface area contributed by atoms with Crippen LogP contribution in [-0.2, 0) is 0 Å². The summed E-state index contributed by atoms with van der Waals surface area (Å²) in [5.74, 6) is 0. The molecule has 0 N–H and O–H groups in total. The zero-order valence-corrected chi connectivity index (χ0v) is 8.86. The standard InChI is InChI=1S/C14H20/c1-2-4-6-8-10-12-14-13-11-9-7-5-3-1/h1-4,9,11,13-14H,5-8,10,12H2/b3-1-,4-2+,11-9?,14-13?. The summed E-state index contributed by atoms with van der Waals surface area (Å²) in [5, 5.41) is 0. The van der Waals surface area contributed by atoms with Crippen LogP contribution in [0.2, 0.25) is 0 Å². The predicted molar refractivity (Wildman–Crippen MR) is 64.3 cm³/mol. The topological polar surface area (TPSA) is 0 Å². The summed E-state index contributed by atoms with van der Waals surface area (Å²) in [4.78, 5) is 0. The first-order chi connectivity index (χ1) is 7.00. The van der Waals surface area contributed by atoms with Gasteiger partial charge in [0.15, 0.2) is 0 Å². The summed E-state index contributed by atoms with van der Waals surface area (Å²) in [5.41, 5.74) is 0. The maximum absolute atomic E-state index is 2.27. The highest BCUT2D eigenvalue weighted by Gasteiger charge is 1.83. The van der Waals surface area contributed by atoms with Gasteiger partial charge in [0.05, 0.1) is 0 Å². The minimum Gasteiger partial charge on any atom is -0.0845 e. The highest BCUT2D eigenvalue weighted by molar-refractivity contribution is 5.05. The minimum absolute atomic E-state index is 1.15. The van der Waals surface area contributed by atoms with Crippen molar-refractivity contribution in [3.05, 3.63) is 48.6 Å². The zero-order valence-electron chi connectivity index (χ0n) is 8.86. The van der Waals surface area contributed by atoms with E-state index in [2.05, 4.69) is 48.6 Å². The van der Waals surface area contributed by atoms with Crippen LogP contribution in [0, 0.1) is 0 Å². The van der Waals surface area contributed by atoms with E-state index >= 15 is 0 Å². The number of allylic oxidation sites excluding steroid dienone is 8. The molecular weight excluding hydrogens is 168 g/mol. The molecule has 1 aliphatic rings. The average molecular weight is 188 g/mol. The van der Waals surface area contributed by atoms with Gasteiger partial charge in [0.2, 0.25) is 0 Å². The molecule has 0 bridgehead atoms. The smallest absolute Gasteiger partial charge is 0.0313 e. The molecule has 0 amide bonds. The summed E-state index contributed by atoms with van der Waals surface area (Å²) >= 11 is 0. The minimum atomic E-state index is 1.15. The lowest BCUT2D eigenvalue weighted by Gasteiger charge is -1.92. The van der Waals surface area contributed by atoms with Crippen molar-refractivity contribution >= 4 is 0 Å². The maximum Gasteiger partial charge on any atom is -0.0313 e. The van der Waals surface area contributed by atoms with Crippen molar-refractivity contribution in [2.24, 2.45) is 0 Å².